The Kier molecular flexibility index (Phi) is 4.45. The fourth-order valence-electron chi connectivity index (χ4n) is 3.75. The Morgan fingerprint density at radius 2 is 2.05 bits per heavy atom. The average molecular weight is 296 g/mol. The first-order chi connectivity index (χ1) is 9.35. The van der Waals surface area contributed by atoms with Crippen LogP contribution in [0.25, 0.3) is 0 Å². The Hall–Kier alpha value is -0.613. The lowest BCUT2D eigenvalue weighted by Crippen LogP contribution is -2.45. The molecule has 0 aliphatic heterocycles. The van der Waals surface area contributed by atoms with Crippen molar-refractivity contribution in [2.24, 2.45) is 5.92 Å². The van der Waals surface area contributed by atoms with Gasteiger partial charge in [-0.1, -0.05) is 19.6 Å². The van der Waals surface area contributed by atoms with E-state index < -0.39 is 8.07 Å². The monoisotopic (exact) mass is 296 g/mol. The normalized spacial score (nSPS) is 26.9. The molecule has 3 nitrogen and oxygen atoms in total. The van der Waals surface area contributed by atoms with Crippen LogP contribution in [0, 0.1) is 5.92 Å². The molecule has 2 aliphatic rings. The molecule has 0 aromatic carbocycles. The molecule has 0 heterocycles. The van der Waals surface area contributed by atoms with Crippen molar-refractivity contribution in [3.63, 3.8) is 0 Å². The van der Waals surface area contributed by atoms with Gasteiger partial charge in [0.05, 0.1) is 26.5 Å². The maximum atomic E-state index is 12.5. The number of ketones is 1. The van der Waals surface area contributed by atoms with E-state index in [1.165, 1.54) is 12.8 Å². The van der Waals surface area contributed by atoms with Crippen LogP contribution in [-0.2, 0) is 14.3 Å². The number of methoxy groups -OCH3 is 1. The summed E-state index contributed by atoms with van der Waals surface area (Å²) in [6, 6.07) is 0. The lowest BCUT2D eigenvalue weighted by molar-refractivity contribution is -0.124. The van der Waals surface area contributed by atoms with Gasteiger partial charge in [0.1, 0.15) is 0 Å². The Morgan fingerprint density at radius 3 is 2.45 bits per heavy atom. The van der Waals surface area contributed by atoms with E-state index in [1.807, 2.05) is 6.92 Å². The van der Waals surface area contributed by atoms with Gasteiger partial charge in [0.15, 0.2) is 5.78 Å². The van der Waals surface area contributed by atoms with Crippen LogP contribution in [0.2, 0.25) is 24.7 Å². The molecule has 0 spiro atoms. The maximum absolute atomic E-state index is 12.5. The molecular weight excluding hydrogens is 268 g/mol. The summed E-state index contributed by atoms with van der Waals surface area (Å²) in [5.41, 5.74) is 0. The van der Waals surface area contributed by atoms with E-state index in [-0.39, 0.29) is 17.8 Å². The molecule has 20 heavy (non-hydrogen) atoms. The van der Waals surface area contributed by atoms with Crippen LogP contribution < -0.4 is 0 Å². The van der Waals surface area contributed by atoms with Gasteiger partial charge >= 0.3 is 0 Å². The Bertz CT molecular complexity index is 404. The Balaban J connectivity index is 2.17. The van der Waals surface area contributed by atoms with Gasteiger partial charge in [-0.2, -0.15) is 0 Å². The zero-order valence-corrected chi connectivity index (χ0v) is 14.5. The van der Waals surface area contributed by atoms with Gasteiger partial charge in [-0.25, -0.2) is 0 Å². The predicted octanol–water partition coefficient (Wildman–Crippen LogP) is 3.77. The minimum atomic E-state index is -1.33. The quantitative estimate of drug-likeness (QED) is 0.700. The van der Waals surface area contributed by atoms with Gasteiger partial charge in [0.2, 0.25) is 0 Å². The van der Waals surface area contributed by atoms with Crippen molar-refractivity contribution < 1.29 is 14.3 Å². The molecular formula is C16H28O3Si. The van der Waals surface area contributed by atoms with Crippen molar-refractivity contribution in [3.8, 4) is 0 Å². The van der Waals surface area contributed by atoms with Crippen molar-refractivity contribution in [1.82, 2.24) is 0 Å². The topological polar surface area (TPSA) is 35.5 Å². The maximum Gasteiger partial charge on any atom is 0.164 e. The van der Waals surface area contributed by atoms with E-state index in [9.17, 15) is 4.79 Å². The largest absolute Gasteiger partial charge is 0.498 e. The average Bonchev–Trinajstić information content (AvgIpc) is 3.14. The van der Waals surface area contributed by atoms with E-state index in [4.69, 9.17) is 9.47 Å². The van der Waals surface area contributed by atoms with Gasteiger partial charge in [-0.3, -0.25) is 4.79 Å². The molecule has 4 heteroatoms. The summed E-state index contributed by atoms with van der Waals surface area (Å²) in [6.45, 7) is 9.80. The molecule has 0 aromatic heterocycles. The minimum Gasteiger partial charge on any atom is -0.498 e. The highest BCUT2D eigenvalue weighted by Crippen LogP contribution is 2.65. The molecule has 0 N–H and O–H groups in total. The number of hydrogen-bond acceptors (Lipinski definition) is 3. The van der Waals surface area contributed by atoms with Crippen LogP contribution >= 0.6 is 0 Å². The molecule has 1 saturated carbocycles. The summed E-state index contributed by atoms with van der Waals surface area (Å²) in [5, 5.41) is 0.305. The lowest BCUT2D eigenvalue weighted by atomic mass is 9.85. The standard InChI is InChI=1S/C16H28O3Si/c1-6-19-12-7-8-13(14(17)11-12)15(18-2)16(9-10-16)20(3,4)5/h11,13,15H,6-10H2,1-5H3/t13-,15-/m0/s1. The van der Waals surface area contributed by atoms with Crippen molar-refractivity contribution in [3.05, 3.63) is 11.8 Å². The third kappa shape index (κ3) is 2.73. The van der Waals surface area contributed by atoms with Gasteiger partial charge in [0.25, 0.3) is 0 Å². The SMILES string of the molecule is CCOC1=CC(=O)[C@@H]([C@H](OC)C2([Si](C)(C)C)CC2)CC1. The summed E-state index contributed by atoms with van der Waals surface area (Å²) in [4.78, 5) is 12.5. The molecule has 0 unspecified atom stereocenters. The smallest absolute Gasteiger partial charge is 0.164 e. The molecule has 0 radical (unpaired) electrons. The third-order valence-electron chi connectivity index (χ3n) is 5.15. The Morgan fingerprint density at radius 1 is 1.40 bits per heavy atom. The summed E-state index contributed by atoms with van der Waals surface area (Å²) < 4.78 is 11.3. The number of carbonyl (C=O) groups is 1. The highest BCUT2D eigenvalue weighted by atomic mass is 28.3. The van der Waals surface area contributed by atoms with E-state index in [0.717, 1.165) is 18.6 Å². The molecule has 2 rings (SSSR count). The highest BCUT2D eigenvalue weighted by molar-refractivity contribution is 6.80. The van der Waals surface area contributed by atoms with Crippen LogP contribution in [0.5, 0.6) is 0 Å². The van der Waals surface area contributed by atoms with Gasteiger partial charge in [-0.05, 0) is 31.2 Å². The zero-order valence-electron chi connectivity index (χ0n) is 13.5. The number of carbonyl (C=O) groups excluding carboxylic acids is 1. The fraction of sp³-hybridized carbons (Fsp3) is 0.812. The third-order valence-corrected chi connectivity index (χ3v) is 8.92. The Labute approximate surface area is 123 Å². The van der Waals surface area contributed by atoms with Crippen molar-refractivity contribution in [2.75, 3.05) is 13.7 Å². The molecule has 0 bridgehead atoms. The van der Waals surface area contributed by atoms with E-state index in [2.05, 4.69) is 19.6 Å². The lowest BCUT2D eigenvalue weighted by Gasteiger charge is -2.40. The van der Waals surface area contributed by atoms with Crippen molar-refractivity contribution >= 4 is 13.9 Å². The van der Waals surface area contributed by atoms with Crippen LogP contribution in [-0.4, -0.2) is 33.7 Å². The second-order valence-electron chi connectivity index (χ2n) is 7.15. The molecule has 0 aromatic rings. The van der Waals surface area contributed by atoms with Crippen LogP contribution in [0.15, 0.2) is 11.8 Å². The summed E-state index contributed by atoms with van der Waals surface area (Å²) in [5.74, 6) is 1.08. The van der Waals surface area contributed by atoms with E-state index in [1.54, 1.807) is 13.2 Å². The predicted molar refractivity (Wildman–Crippen MR) is 83.5 cm³/mol. The van der Waals surface area contributed by atoms with E-state index >= 15 is 0 Å². The van der Waals surface area contributed by atoms with Gasteiger partial charge in [0, 0.05) is 25.5 Å². The second kappa shape index (κ2) is 5.64. The summed E-state index contributed by atoms with van der Waals surface area (Å²) >= 11 is 0. The molecule has 114 valence electrons. The molecule has 2 atom stereocenters. The second-order valence-corrected chi connectivity index (χ2v) is 12.6. The number of ether oxygens (including phenoxy) is 2. The molecule has 0 amide bonds. The van der Waals surface area contributed by atoms with Crippen molar-refractivity contribution in [1.29, 1.82) is 0 Å². The van der Waals surface area contributed by atoms with E-state index in [0.29, 0.717) is 11.6 Å². The van der Waals surface area contributed by atoms with Crippen LogP contribution in [0.4, 0.5) is 0 Å². The highest BCUT2D eigenvalue weighted by Gasteiger charge is 2.60. The zero-order chi connectivity index (χ0) is 15.0. The van der Waals surface area contributed by atoms with Gasteiger partial charge < -0.3 is 9.47 Å². The first kappa shape index (κ1) is 15.8. The molecule has 1 fully saturated rings. The molecule has 2 aliphatic carbocycles. The minimum absolute atomic E-state index is 0.0263. The fourth-order valence-corrected chi connectivity index (χ4v) is 6.55. The molecule has 0 saturated heterocycles. The van der Waals surface area contributed by atoms with Crippen LogP contribution in [0.3, 0.4) is 0 Å². The first-order valence-electron chi connectivity index (χ1n) is 7.75. The number of allylic oxidation sites excluding steroid dienone is 2. The van der Waals surface area contributed by atoms with Gasteiger partial charge in [-0.15, -0.1) is 0 Å². The number of hydrogen-bond donors (Lipinski definition) is 0. The van der Waals surface area contributed by atoms with Crippen molar-refractivity contribution in [2.45, 2.75) is 63.4 Å². The summed E-state index contributed by atoms with van der Waals surface area (Å²) in [7, 11) is 0.445. The number of rotatable bonds is 6. The van der Waals surface area contributed by atoms with Crippen LogP contribution in [0.1, 0.15) is 32.6 Å². The summed E-state index contributed by atoms with van der Waals surface area (Å²) in [6.07, 6.45) is 6.01. The first-order valence-corrected chi connectivity index (χ1v) is 11.3.